The molecule has 6 N–H and O–H groups in total. The van der Waals surface area contributed by atoms with Gasteiger partial charge in [-0.3, -0.25) is 14.4 Å². The molecule has 0 aliphatic rings. The van der Waals surface area contributed by atoms with Crippen molar-refractivity contribution < 1.29 is 19.1 Å². The van der Waals surface area contributed by atoms with Crippen molar-refractivity contribution in [1.82, 2.24) is 15.3 Å². The number of hydrogen-bond acceptors (Lipinski definition) is 4. The van der Waals surface area contributed by atoms with Crippen molar-refractivity contribution in [3.05, 3.63) is 70.3 Å². The second kappa shape index (κ2) is 8.04. The van der Waals surface area contributed by atoms with Crippen molar-refractivity contribution in [3.8, 4) is 11.3 Å². The first-order valence-electron chi connectivity index (χ1n) is 9.51. The van der Waals surface area contributed by atoms with Crippen molar-refractivity contribution in [2.75, 3.05) is 6.54 Å². The van der Waals surface area contributed by atoms with Crippen molar-refractivity contribution >= 4 is 33.6 Å². The molecule has 0 bridgehead atoms. The quantitative estimate of drug-likeness (QED) is 0.323. The molecule has 4 rings (SSSR count). The van der Waals surface area contributed by atoms with Crippen molar-refractivity contribution in [1.29, 1.82) is 0 Å². The minimum atomic E-state index is -1.07. The number of aliphatic hydroxyl groups excluding tert-OH is 1. The van der Waals surface area contributed by atoms with Crippen LogP contribution in [0.1, 0.15) is 16.8 Å². The first-order chi connectivity index (χ1) is 14.8. The molecule has 1 unspecified atom stereocenters. The van der Waals surface area contributed by atoms with E-state index >= 15 is 0 Å². The standard InChI is InChI=1S/C22H19FN4O4/c23-16-2-1-3-17-14(16)9-15(22(31)27-17)19-6-11-4-5-12(7-18(11)26-19)21(30)25-10-13(28)8-20(24)29/h1-7,9,13,26,28H,8,10H2,(H2,24,29)(H,25,30)(H,27,31). The predicted molar refractivity (Wildman–Crippen MR) is 114 cm³/mol. The molecule has 2 heterocycles. The first kappa shape index (κ1) is 20.3. The van der Waals surface area contributed by atoms with Crippen LogP contribution < -0.4 is 16.6 Å². The molecule has 158 valence electrons. The number of nitrogens with two attached hydrogens (primary N) is 1. The van der Waals surface area contributed by atoms with Gasteiger partial charge in [-0.2, -0.15) is 0 Å². The van der Waals surface area contributed by atoms with Gasteiger partial charge in [0.15, 0.2) is 0 Å². The molecule has 9 heteroatoms. The van der Waals surface area contributed by atoms with E-state index in [0.717, 1.165) is 5.39 Å². The van der Waals surface area contributed by atoms with E-state index in [4.69, 9.17) is 5.73 Å². The Hall–Kier alpha value is -3.98. The van der Waals surface area contributed by atoms with E-state index < -0.39 is 23.7 Å². The van der Waals surface area contributed by atoms with Gasteiger partial charge in [-0.25, -0.2) is 4.39 Å². The molecule has 8 nitrogen and oxygen atoms in total. The Balaban J connectivity index is 1.62. The number of primary amides is 1. The maximum absolute atomic E-state index is 14.1. The number of carbonyl (C=O) groups is 2. The predicted octanol–water partition coefficient (Wildman–Crippen LogP) is 1.78. The number of hydrogen-bond donors (Lipinski definition) is 5. The third-order valence-electron chi connectivity index (χ3n) is 4.94. The number of aromatic amines is 2. The van der Waals surface area contributed by atoms with E-state index in [1.54, 1.807) is 30.3 Å². The van der Waals surface area contributed by atoms with Crippen LogP contribution in [0.3, 0.4) is 0 Å². The normalized spacial score (nSPS) is 12.2. The van der Waals surface area contributed by atoms with Gasteiger partial charge in [0.1, 0.15) is 5.82 Å². The molecule has 0 aliphatic heterocycles. The lowest BCUT2D eigenvalue weighted by atomic mass is 10.1. The van der Waals surface area contributed by atoms with Gasteiger partial charge in [0.25, 0.3) is 11.5 Å². The van der Waals surface area contributed by atoms with Crippen LogP contribution in [0.5, 0.6) is 0 Å². The van der Waals surface area contributed by atoms with Gasteiger partial charge in [-0.1, -0.05) is 12.1 Å². The number of amides is 2. The number of fused-ring (bicyclic) bond motifs is 2. The number of aliphatic hydroxyl groups is 1. The molecule has 0 spiro atoms. The molecular weight excluding hydrogens is 403 g/mol. The fourth-order valence-corrected chi connectivity index (χ4v) is 3.42. The SMILES string of the molecule is NC(=O)CC(O)CNC(=O)c1ccc2cc(-c3cc4c(F)cccc4[nH]c3=O)[nH]c2c1. The van der Waals surface area contributed by atoms with Gasteiger partial charge >= 0.3 is 0 Å². The lowest BCUT2D eigenvalue weighted by Gasteiger charge is -2.10. The largest absolute Gasteiger partial charge is 0.391 e. The molecule has 0 radical (unpaired) electrons. The molecule has 0 saturated heterocycles. The van der Waals surface area contributed by atoms with Gasteiger partial charge in [-0.15, -0.1) is 0 Å². The van der Waals surface area contributed by atoms with Crippen molar-refractivity contribution in [3.63, 3.8) is 0 Å². The Labute approximate surface area is 174 Å². The first-order valence-corrected chi connectivity index (χ1v) is 9.51. The van der Waals surface area contributed by atoms with E-state index in [1.807, 2.05) is 0 Å². The maximum atomic E-state index is 14.1. The Morgan fingerprint density at radius 1 is 1.10 bits per heavy atom. The highest BCUT2D eigenvalue weighted by molar-refractivity contribution is 5.99. The van der Waals surface area contributed by atoms with Crippen LogP contribution in [0.2, 0.25) is 0 Å². The minimum Gasteiger partial charge on any atom is -0.391 e. The lowest BCUT2D eigenvalue weighted by Crippen LogP contribution is -2.34. The van der Waals surface area contributed by atoms with E-state index in [9.17, 15) is 23.9 Å². The number of aromatic nitrogens is 2. The molecule has 31 heavy (non-hydrogen) atoms. The van der Waals surface area contributed by atoms with E-state index in [-0.39, 0.29) is 24.1 Å². The second-order valence-electron chi connectivity index (χ2n) is 7.23. The van der Waals surface area contributed by atoms with Gasteiger partial charge < -0.3 is 26.1 Å². The molecule has 0 aliphatic carbocycles. The average Bonchev–Trinajstić information content (AvgIpc) is 3.14. The summed E-state index contributed by atoms with van der Waals surface area (Å²) in [4.78, 5) is 41.4. The zero-order valence-corrected chi connectivity index (χ0v) is 16.2. The van der Waals surface area contributed by atoms with Gasteiger partial charge in [0.2, 0.25) is 5.91 Å². The van der Waals surface area contributed by atoms with Crippen LogP contribution in [0, 0.1) is 5.82 Å². The summed E-state index contributed by atoms with van der Waals surface area (Å²) >= 11 is 0. The van der Waals surface area contributed by atoms with Crippen molar-refractivity contribution in [2.24, 2.45) is 5.73 Å². The maximum Gasteiger partial charge on any atom is 0.257 e. The summed E-state index contributed by atoms with van der Waals surface area (Å²) < 4.78 is 14.1. The number of benzene rings is 2. The monoisotopic (exact) mass is 422 g/mol. The summed E-state index contributed by atoms with van der Waals surface area (Å²) in [6, 6.07) is 12.6. The number of nitrogens with one attached hydrogen (secondary N) is 3. The Morgan fingerprint density at radius 2 is 1.90 bits per heavy atom. The third-order valence-corrected chi connectivity index (χ3v) is 4.94. The molecule has 2 aromatic heterocycles. The van der Waals surface area contributed by atoms with E-state index in [2.05, 4.69) is 15.3 Å². The molecule has 2 amide bonds. The fraction of sp³-hybridized carbons (Fsp3) is 0.136. The average molecular weight is 422 g/mol. The molecular formula is C22H19FN4O4. The highest BCUT2D eigenvalue weighted by Gasteiger charge is 2.14. The number of carbonyl (C=O) groups excluding carboxylic acids is 2. The summed E-state index contributed by atoms with van der Waals surface area (Å²) in [5, 5.41) is 13.2. The summed E-state index contributed by atoms with van der Waals surface area (Å²) in [5.74, 6) is -1.54. The summed E-state index contributed by atoms with van der Waals surface area (Å²) in [6.07, 6.45) is -1.32. The Morgan fingerprint density at radius 3 is 2.68 bits per heavy atom. The zero-order valence-electron chi connectivity index (χ0n) is 16.2. The van der Waals surface area contributed by atoms with E-state index in [0.29, 0.717) is 27.7 Å². The highest BCUT2D eigenvalue weighted by atomic mass is 19.1. The summed E-state index contributed by atoms with van der Waals surface area (Å²) in [5.41, 5.74) is 6.73. The van der Waals surface area contributed by atoms with Gasteiger partial charge in [0, 0.05) is 28.4 Å². The van der Waals surface area contributed by atoms with Crippen LogP contribution in [-0.2, 0) is 4.79 Å². The molecule has 1 atom stereocenters. The topological polar surface area (TPSA) is 141 Å². The van der Waals surface area contributed by atoms with Crippen LogP contribution in [0.4, 0.5) is 4.39 Å². The second-order valence-corrected chi connectivity index (χ2v) is 7.23. The highest BCUT2D eigenvalue weighted by Crippen LogP contribution is 2.25. The van der Waals surface area contributed by atoms with Gasteiger partial charge in [0.05, 0.1) is 29.3 Å². The van der Waals surface area contributed by atoms with Crippen LogP contribution in [-0.4, -0.2) is 39.5 Å². The van der Waals surface area contributed by atoms with Crippen LogP contribution in [0.25, 0.3) is 33.1 Å². The number of halogens is 1. The van der Waals surface area contributed by atoms with Crippen LogP contribution >= 0.6 is 0 Å². The molecule has 0 fully saturated rings. The third kappa shape index (κ3) is 4.17. The smallest absolute Gasteiger partial charge is 0.257 e. The summed E-state index contributed by atoms with van der Waals surface area (Å²) in [6.45, 7) is -0.117. The van der Waals surface area contributed by atoms with Crippen molar-refractivity contribution in [2.45, 2.75) is 12.5 Å². The number of rotatable bonds is 6. The molecule has 4 aromatic rings. The molecule has 2 aromatic carbocycles. The summed E-state index contributed by atoms with van der Waals surface area (Å²) in [7, 11) is 0. The minimum absolute atomic E-state index is 0.117. The Bertz CT molecular complexity index is 1380. The number of pyridine rings is 1. The van der Waals surface area contributed by atoms with Crippen LogP contribution in [0.15, 0.2) is 53.3 Å². The molecule has 0 saturated carbocycles. The van der Waals surface area contributed by atoms with E-state index in [1.165, 1.54) is 18.2 Å². The zero-order chi connectivity index (χ0) is 22.1. The lowest BCUT2D eigenvalue weighted by molar-refractivity contribution is -0.119. The fourth-order valence-electron chi connectivity index (χ4n) is 3.42. The number of H-pyrrole nitrogens is 2. The van der Waals surface area contributed by atoms with Gasteiger partial charge in [-0.05, 0) is 36.4 Å². The Kier molecular flexibility index (Phi) is 5.26.